The molecule has 0 fully saturated rings. The molecule has 1 aromatic rings. The monoisotopic (exact) mass is 246 g/mol. The minimum Gasteiger partial charge on any atom is -0.478 e. The SMILES string of the molecule is N#Cc1ccc(N=C(N)N=C(N)N)c(C(=O)O)c1. The predicted octanol–water partition coefficient (Wildman–Crippen LogP) is -0.524. The van der Waals surface area contributed by atoms with Gasteiger partial charge in [0.15, 0.2) is 5.96 Å². The van der Waals surface area contributed by atoms with Gasteiger partial charge in [-0.1, -0.05) is 0 Å². The van der Waals surface area contributed by atoms with E-state index in [4.69, 9.17) is 27.6 Å². The molecule has 0 aliphatic rings. The first kappa shape index (κ1) is 13.0. The summed E-state index contributed by atoms with van der Waals surface area (Å²) in [6, 6.07) is 5.76. The molecule has 0 unspecified atom stereocenters. The normalized spacial score (nSPS) is 10.5. The van der Waals surface area contributed by atoms with Crippen LogP contribution in [0.4, 0.5) is 5.69 Å². The molecule has 0 radical (unpaired) electrons. The average molecular weight is 246 g/mol. The fourth-order valence-corrected chi connectivity index (χ4v) is 1.16. The number of guanidine groups is 2. The summed E-state index contributed by atoms with van der Waals surface area (Å²) < 4.78 is 0. The van der Waals surface area contributed by atoms with Crippen LogP contribution in [0.5, 0.6) is 0 Å². The van der Waals surface area contributed by atoms with Crippen molar-refractivity contribution in [2.75, 3.05) is 0 Å². The highest BCUT2D eigenvalue weighted by atomic mass is 16.4. The van der Waals surface area contributed by atoms with Gasteiger partial charge in [0.1, 0.15) is 0 Å². The Kier molecular flexibility index (Phi) is 3.83. The van der Waals surface area contributed by atoms with Gasteiger partial charge in [-0.2, -0.15) is 10.3 Å². The lowest BCUT2D eigenvalue weighted by molar-refractivity contribution is 0.0698. The number of nitrogens with zero attached hydrogens (tertiary/aromatic N) is 3. The van der Waals surface area contributed by atoms with Crippen LogP contribution < -0.4 is 17.2 Å². The smallest absolute Gasteiger partial charge is 0.337 e. The molecule has 0 saturated heterocycles. The minimum absolute atomic E-state index is 0.0593. The van der Waals surface area contributed by atoms with Crippen molar-refractivity contribution in [3.05, 3.63) is 29.3 Å². The van der Waals surface area contributed by atoms with Gasteiger partial charge in [-0.3, -0.25) is 0 Å². The molecule has 8 nitrogen and oxygen atoms in total. The average Bonchev–Trinajstić information content (AvgIpc) is 2.28. The van der Waals surface area contributed by atoms with E-state index in [1.54, 1.807) is 0 Å². The molecule has 18 heavy (non-hydrogen) atoms. The maximum Gasteiger partial charge on any atom is 0.337 e. The lowest BCUT2D eigenvalue weighted by Gasteiger charge is -2.01. The molecule has 8 heteroatoms. The molecule has 0 amide bonds. The lowest BCUT2D eigenvalue weighted by Crippen LogP contribution is -2.26. The summed E-state index contributed by atoms with van der Waals surface area (Å²) in [6.07, 6.45) is 0. The maximum atomic E-state index is 11.0. The van der Waals surface area contributed by atoms with Crippen LogP contribution in [-0.4, -0.2) is 23.0 Å². The highest BCUT2D eigenvalue weighted by Crippen LogP contribution is 2.20. The molecule has 0 saturated carbocycles. The number of carbonyl (C=O) groups is 1. The minimum atomic E-state index is -1.23. The van der Waals surface area contributed by atoms with Crippen LogP contribution in [0.1, 0.15) is 15.9 Å². The fraction of sp³-hybridized carbons (Fsp3) is 0. The Hall–Kier alpha value is -3.08. The molecule has 1 aromatic carbocycles. The fourth-order valence-electron chi connectivity index (χ4n) is 1.16. The van der Waals surface area contributed by atoms with E-state index >= 15 is 0 Å². The van der Waals surface area contributed by atoms with Gasteiger partial charge in [-0.25, -0.2) is 9.79 Å². The third-order valence-electron chi connectivity index (χ3n) is 1.83. The molecular formula is C10H10N6O2. The summed E-state index contributed by atoms with van der Waals surface area (Å²) in [6.45, 7) is 0. The standard InChI is InChI=1S/C10H10N6O2/c11-4-5-1-2-7(6(3-5)8(17)18)15-10(14)16-9(12)13/h1-3H,(H,17,18)(H6,12,13,14,15,16). The van der Waals surface area contributed by atoms with E-state index < -0.39 is 5.97 Å². The quantitative estimate of drug-likeness (QED) is 0.404. The summed E-state index contributed by atoms with van der Waals surface area (Å²) in [5, 5.41) is 17.7. The van der Waals surface area contributed by atoms with Gasteiger partial charge >= 0.3 is 5.97 Å². The molecule has 0 atom stereocenters. The number of hydrogen-bond acceptors (Lipinski definition) is 3. The number of carboxylic acids is 1. The Morgan fingerprint density at radius 2 is 2.00 bits per heavy atom. The van der Waals surface area contributed by atoms with Crippen molar-refractivity contribution in [2.45, 2.75) is 0 Å². The first-order valence-corrected chi connectivity index (χ1v) is 4.65. The van der Waals surface area contributed by atoms with Crippen LogP contribution in [0.2, 0.25) is 0 Å². The van der Waals surface area contributed by atoms with E-state index in [-0.39, 0.29) is 28.7 Å². The summed E-state index contributed by atoms with van der Waals surface area (Å²) in [5.41, 5.74) is 15.7. The summed E-state index contributed by atoms with van der Waals surface area (Å²) >= 11 is 0. The number of aromatic carboxylic acids is 1. The van der Waals surface area contributed by atoms with Crippen molar-refractivity contribution in [3.63, 3.8) is 0 Å². The number of hydrogen-bond donors (Lipinski definition) is 4. The zero-order chi connectivity index (χ0) is 13.7. The summed E-state index contributed by atoms with van der Waals surface area (Å²) in [5.74, 6) is -1.80. The van der Waals surface area contributed by atoms with E-state index in [9.17, 15) is 4.79 Å². The van der Waals surface area contributed by atoms with Crippen LogP contribution in [0.3, 0.4) is 0 Å². The Balaban J connectivity index is 3.30. The zero-order valence-corrected chi connectivity index (χ0v) is 9.16. The predicted molar refractivity (Wildman–Crippen MR) is 65.2 cm³/mol. The van der Waals surface area contributed by atoms with E-state index in [2.05, 4.69) is 9.98 Å². The molecule has 92 valence electrons. The van der Waals surface area contributed by atoms with Crippen LogP contribution >= 0.6 is 0 Å². The number of nitrogens with two attached hydrogens (primary N) is 3. The molecule has 0 heterocycles. The Morgan fingerprint density at radius 1 is 1.33 bits per heavy atom. The number of carboxylic acid groups (broad SMARTS) is 1. The summed E-state index contributed by atoms with van der Waals surface area (Å²) in [7, 11) is 0. The van der Waals surface area contributed by atoms with E-state index in [1.807, 2.05) is 6.07 Å². The largest absolute Gasteiger partial charge is 0.478 e. The number of benzene rings is 1. The molecule has 7 N–H and O–H groups in total. The van der Waals surface area contributed by atoms with Gasteiger partial charge in [0.25, 0.3) is 0 Å². The molecule has 0 aliphatic heterocycles. The topological polar surface area (TPSA) is 164 Å². The third-order valence-corrected chi connectivity index (χ3v) is 1.83. The first-order valence-electron chi connectivity index (χ1n) is 4.65. The van der Waals surface area contributed by atoms with Gasteiger partial charge in [0, 0.05) is 0 Å². The van der Waals surface area contributed by atoms with Gasteiger partial charge in [-0.15, -0.1) is 0 Å². The highest BCUT2D eigenvalue weighted by Gasteiger charge is 2.11. The molecule has 0 bridgehead atoms. The van der Waals surface area contributed by atoms with Crippen molar-refractivity contribution in [1.82, 2.24) is 0 Å². The van der Waals surface area contributed by atoms with Gasteiger partial charge in [0.2, 0.25) is 5.96 Å². The van der Waals surface area contributed by atoms with Crippen LogP contribution in [0.25, 0.3) is 0 Å². The molecule has 0 aromatic heterocycles. The Morgan fingerprint density at radius 3 is 2.50 bits per heavy atom. The van der Waals surface area contributed by atoms with E-state index in [0.29, 0.717) is 0 Å². The van der Waals surface area contributed by atoms with Gasteiger partial charge < -0.3 is 22.3 Å². The molecule has 0 aliphatic carbocycles. The van der Waals surface area contributed by atoms with Crippen molar-refractivity contribution in [1.29, 1.82) is 5.26 Å². The Bertz CT molecular complexity index is 581. The van der Waals surface area contributed by atoms with E-state index in [0.717, 1.165) is 0 Å². The number of aliphatic imine (C=N–C) groups is 2. The molecular weight excluding hydrogens is 236 g/mol. The number of nitriles is 1. The number of rotatable bonds is 2. The van der Waals surface area contributed by atoms with Crippen molar-refractivity contribution < 1.29 is 9.90 Å². The summed E-state index contributed by atoms with van der Waals surface area (Å²) in [4.78, 5) is 18.2. The van der Waals surface area contributed by atoms with Crippen LogP contribution in [-0.2, 0) is 0 Å². The third kappa shape index (κ3) is 3.21. The first-order chi connectivity index (χ1) is 8.43. The van der Waals surface area contributed by atoms with Gasteiger partial charge in [0.05, 0.1) is 22.9 Å². The van der Waals surface area contributed by atoms with Crippen LogP contribution in [0.15, 0.2) is 28.2 Å². The van der Waals surface area contributed by atoms with Crippen molar-refractivity contribution >= 4 is 23.6 Å². The maximum absolute atomic E-state index is 11.0. The molecule has 1 rings (SSSR count). The van der Waals surface area contributed by atoms with Crippen LogP contribution in [0, 0.1) is 11.3 Å². The van der Waals surface area contributed by atoms with Crippen molar-refractivity contribution in [3.8, 4) is 6.07 Å². The Labute approximate surface area is 102 Å². The second kappa shape index (κ2) is 5.31. The van der Waals surface area contributed by atoms with Gasteiger partial charge in [-0.05, 0) is 18.2 Å². The second-order valence-corrected chi connectivity index (χ2v) is 3.16. The lowest BCUT2D eigenvalue weighted by atomic mass is 10.1. The second-order valence-electron chi connectivity index (χ2n) is 3.16. The molecule has 0 spiro atoms. The highest BCUT2D eigenvalue weighted by molar-refractivity contribution is 5.98. The van der Waals surface area contributed by atoms with Crippen molar-refractivity contribution in [2.24, 2.45) is 27.2 Å². The zero-order valence-electron chi connectivity index (χ0n) is 9.16. The van der Waals surface area contributed by atoms with E-state index in [1.165, 1.54) is 18.2 Å².